The van der Waals surface area contributed by atoms with E-state index in [4.69, 9.17) is 4.42 Å². The summed E-state index contributed by atoms with van der Waals surface area (Å²) in [6.07, 6.45) is 0.0293. The molecule has 140 valence electrons. The molecule has 1 N–H and O–H groups in total. The number of rotatable bonds is 6. The lowest BCUT2D eigenvalue weighted by Gasteiger charge is -2.02. The van der Waals surface area contributed by atoms with E-state index in [0.717, 1.165) is 0 Å². The van der Waals surface area contributed by atoms with E-state index in [2.05, 4.69) is 15.5 Å². The molecule has 0 atom stereocenters. The van der Waals surface area contributed by atoms with Crippen LogP contribution in [0.4, 0.5) is 10.4 Å². The van der Waals surface area contributed by atoms with Crippen LogP contribution in [0.15, 0.2) is 57.8 Å². The zero-order valence-corrected chi connectivity index (χ0v) is 15.2. The van der Waals surface area contributed by atoms with Crippen LogP contribution in [-0.4, -0.2) is 30.3 Å². The van der Waals surface area contributed by atoms with E-state index in [1.807, 2.05) is 0 Å². The first-order chi connectivity index (χ1) is 12.9. The largest absolute Gasteiger partial charge is 0.403 e. The summed E-state index contributed by atoms with van der Waals surface area (Å²) >= 11 is 0. The Labute approximate surface area is 155 Å². The molecule has 9 heteroatoms. The van der Waals surface area contributed by atoms with E-state index in [0.29, 0.717) is 11.1 Å². The van der Waals surface area contributed by atoms with Gasteiger partial charge in [-0.3, -0.25) is 10.1 Å². The van der Waals surface area contributed by atoms with E-state index in [9.17, 15) is 17.6 Å². The van der Waals surface area contributed by atoms with Crippen LogP contribution in [0.1, 0.15) is 12.5 Å². The smallest absolute Gasteiger partial charge is 0.322 e. The number of nitrogens with zero attached hydrogens (tertiary/aromatic N) is 2. The Morgan fingerprint density at radius 2 is 1.74 bits per heavy atom. The Bertz CT molecular complexity index is 1040. The van der Waals surface area contributed by atoms with Gasteiger partial charge < -0.3 is 4.42 Å². The van der Waals surface area contributed by atoms with Gasteiger partial charge in [0.05, 0.1) is 17.1 Å². The van der Waals surface area contributed by atoms with Gasteiger partial charge in [0.25, 0.3) is 0 Å². The maximum Gasteiger partial charge on any atom is 0.322 e. The summed E-state index contributed by atoms with van der Waals surface area (Å²) in [6.45, 7) is 1.57. The molecule has 0 aliphatic rings. The van der Waals surface area contributed by atoms with Gasteiger partial charge in [0, 0.05) is 5.56 Å². The minimum absolute atomic E-state index is 0.0111. The molecule has 0 bridgehead atoms. The minimum Gasteiger partial charge on any atom is -0.403 e. The molecule has 1 aromatic heterocycles. The van der Waals surface area contributed by atoms with Crippen LogP contribution in [0.3, 0.4) is 0 Å². The molecular formula is C18H16FN3O4S. The number of anilines is 1. The van der Waals surface area contributed by atoms with Crippen molar-refractivity contribution in [3.63, 3.8) is 0 Å². The van der Waals surface area contributed by atoms with Crippen LogP contribution in [-0.2, 0) is 21.1 Å². The lowest BCUT2D eigenvalue weighted by Crippen LogP contribution is -2.14. The zero-order valence-electron chi connectivity index (χ0n) is 14.3. The van der Waals surface area contributed by atoms with Crippen molar-refractivity contribution in [2.45, 2.75) is 18.2 Å². The predicted octanol–water partition coefficient (Wildman–Crippen LogP) is 2.85. The van der Waals surface area contributed by atoms with Gasteiger partial charge in [-0.25, -0.2) is 12.8 Å². The van der Waals surface area contributed by atoms with Crippen LogP contribution < -0.4 is 5.32 Å². The third-order valence-electron chi connectivity index (χ3n) is 3.79. The van der Waals surface area contributed by atoms with Gasteiger partial charge >= 0.3 is 6.01 Å². The van der Waals surface area contributed by atoms with E-state index < -0.39 is 9.84 Å². The number of nitrogens with one attached hydrogen (secondary N) is 1. The molecule has 27 heavy (non-hydrogen) atoms. The van der Waals surface area contributed by atoms with Crippen LogP contribution >= 0.6 is 0 Å². The SMILES string of the molecule is CCS(=O)(=O)c1ccc(-c2nnc(NC(=O)Cc3ccc(F)cc3)o2)cc1. The van der Waals surface area contributed by atoms with Gasteiger partial charge in [-0.2, -0.15) is 0 Å². The summed E-state index contributed by atoms with van der Waals surface area (Å²) in [4.78, 5) is 12.2. The molecule has 3 rings (SSSR count). The second-order valence-electron chi connectivity index (χ2n) is 5.69. The van der Waals surface area contributed by atoms with Gasteiger partial charge in [0.15, 0.2) is 9.84 Å². The van der Waals surface area contributed by atoms with Gasteiger partial charge in [-0.1, -0.05) is 24.2 Å². The molecule has 0 saturated heterocycles. The normalized spacial score (nSPS) is 11.3. The highest BCUT2D eigenvalue weighted by molar-refractivity contribution is 7.91. The summed E-state index contributed by atoms with van der Waals surface area (Å²) in [6, 6.07) is 11.5. The van der Waals surface area contributed by atoms with Gasteiger partial charge in [-0.15, -0.1) is 5.10 Å². The Kier molecular flexibility index (Phi) is 5.31. The summed E-state index contributed by atoms with van der Waals surface area (Å²) in [5.74, 6) is -0.607. The third kappa shape index (κ3) is 4.56. The fourth-order valence-corrected chi connectivity index (χ4v) is 3.20. The standard InChI is InChI=1S/C18H16FN3O4S/c1-2-27(24,25)15-9-5-13(6-10-15)17-21-22-18(26-17)20-16(23)11-12-3-7-14(19)8-4-12/h3-10H,2,11H2,1H3,(H,20,22,23). The van der Waals surface area contributed by atoms with E-state index >= 15 is 0 Å². The van der Waals surface area contributed by atoms with E-state index in [-0.39, 0.29) is 40.7 Å². The first-order valence-corrected chi connectivity index (χ1v) is 9.73. The summed E-state index contributed by atoms with van der Waals surface area (Å²) in [5.41, 5.74) is 1.16. The molecule has 7 nitrogen and oxygen atoms in total. The van der Waals surface area contributed by atoms with Crippen molar-refractivity contribution in [2.75, 3.05) is 11.1 Å². The molecular weight excluding hydrogens is 373 g/mol. The van der Waals surface area contributed by atoms with Crippen molar-refractivity contribution < 1.29 is 22.0 Å². The second-order valence-corrected chi connectivity index (χ2v) is 7.97. The number of hydrogen-bond donors (Lipinski definition) is 1. The van der Waals surface area contributed by atoms with Crippen molar-refractivity contribution in [1.82, 2.24) is 10.2 Å². The van der Waals surface area contributed by atoms with Gasteiger partial charge in [-0.05, 0) is 42.0 Å². The number of benzene rings is 2. The first-order valence-electron chi connectivity index (χ1n) is 8.08. The number of amides is 1. The van der Waals surface area contributed by atoms with Crippen molar-refractivity contribution >= 4 is 21.8 Å². The molecule has 2 aromatic carbocycles. The number of carbonyl (C=O) groups is 1. The summed E-state index contributed by atoms with van der Waals surface area (Å²) < 4.78 is 41.9. The molecule has 0 fully saturated rings. The Hall–Kier alpha value is -3.07. The number of halogens is 1. The highest BCUT2D eigenvalue weighted by Gasteiger charge is 2.14. The molecule has 1 amide bonds. The quantitative estimate of drug-likeness (QED) is 0.695. The molecule has 3 aromatic rings. The highest BCUT2D eigenvalue weighted by Crippen LogP contribution is 2.22. The van der Waals surface area contributed by atoms with E-state index in [1.165, 1.54) is 36.4 Å². The molecule has 0 aliphatic carbocycles. The van der Waals surface area contributed by atoms with Crippen molar-refractivity contribution in [3.8, 4) is 11.5 Å². The number of aromatic nitrogens is 2. The highest BCUT2D eigenvalue weighted by atomic mass is 32.2. The van der Waals surface area contributed by atoms with Gasteiger partial charge in [0.2, 0.25) is 11.8 Å². The molecule has 1 heterocycles. The number of hydrogen-bond acceptors (Lipinski definition) is 6. The average Bonchev–Trinajstić information content (AvgIpc) is 3.12. The maximum atomic E-state index is 12.9. The second kappa shape index (κ2) is 7.67. The maximum absolute atomic E-state index is 12.9. The van der Waals surface area contributed by atoms with Crippen molar-refractivity contribution in [3.05, 3.63) is 59.9 Å². The lowest BCUT2D eigenvalue weighted by molar-refractivity contribution is -0.115. The monoisotopic (exact) mass is 389 g/mol. The van der Waals surface area contributed by atoms with Crippen molar-refractivity contribution in [1.29, 1.82) is 0 Å². The Morgan fingerprint density at radius 1 is 1.07 bits per heavy atom. The van der Waals surface area contributed by atoms with Crippen molar-refractivity contribution in [2.24, 2.45) is 0 Å². The summed E-state index contributed by atoms with van der Waals surface area (Å²) in [5, 5.41) is 10.1. The average molecular weight is 389 g/mol. The van der Waals surface area contributed by atoms with Crippen LogP contribution in [0.25, 0.3) is 11.5 Å². The molecule has 0 radical (unpaired) electrons. The molecule has 0 spiro atoms. The zero-order chi connectivity index (χ0) is 19.4. The summed E-state index contributed by atoms with van der Waals surface area (Å²) in [7, 11) is -3.29. The van der Waals surface area contributed by atoms with Crippen LogP contribution in [0.5, 0.6) is 0 Å². The lowest BCUT2D eigenvalue weighted by atomic mass is 10.1. The first kappa shape index (κ1) is 18.7. The predicted molar refractivity (Wildman–Crippen MR) is 96.2 cm³/mol. The molecule has 0 unspecified atom stereocenters. The Morgan fingerprint density at radius 3 is 2.37 bits per heavy atom. The minimum atomic E-state index is -3.29. The number of sulfone groups is 1. The Balaban J connectivity index is 1.67. The van der Waals surface area contributed by atoms with E-state index in [1.54, 1.807) is 19.1 Å². The van der Waals surface area contributed by atoms with Crippen LogP contribution in [0, 0.1) is 5.82 Å². The molecule has 0 aliphatic heterocycles. The van der Waals surface area contributed by atoms with Crippen LogP contribution in [0.2, 0.25) is 0 Å². The third-order valence-corrected chi connectivity index (χ3v) is 5.54. The fraction of sp³-hybridized carbons (Fsp3) is 0.167. The van der Waals surface area contributed by atoms with Gasteiger partial charge in [0.1, 0.15) is 5.82 Å². The fourth-order valence-electron chi connectivity index (χ4n) is 2.31. The molecule has 0 saturated carbocycles. The topological polar surface area (TPSA) is 102 Å². The number of carbonyl (C=O) groups excluding carboxylic acids is 1.